The molecule has 0 unspecified atom stereocenters. The molecule has 0 bridgehead atoms. The normalized spacial score (nSPS) is 15.6. The lowest BCUT2D eigenvalue weighted by Gasteiger charge is -2.30. The molecule has 1 amide bonds. The number of aliphatic hydroxyl groups excluding tert-OH is 1. The van der Waals surface area contributed by atoms with Gasteiger partial charge in [0.15, 0.2) is 0 Å². The number of carbonyl (C=O) groups excluding carboxylic acids is 1. The molecule has 5 nitrogen and oxygen atoms in total. The van der Waals surface area contributed by atoms with E-state index in [0.717, 1.165) is 12.8 Å². The van der Waals surface area contributed by atoms with Crippen LogP contribution in [0, 0.1) is 11.8 Å². The second-order valence-corrected chi connectivity index (χ2v) is 4.62. The maximum Gasteiger partial charge on any atom is 0.272 e. The summed E-state index contributed by atoms with van der Waals surface area (Å²) >= 11 is 0. The fourth-order valence-corrected chi connectivity index (χ4v) is 2.19. The molecule has 0 saturated carbocycles. The average molecular weight is 274 g/mol. The number of piperidine rings is 1. The van der Waals surface area contributed by atoms with Crippen LogP contribution in [0.5, 0.6) is 0 Å². The summed E-state index contributed by atoms with van der Waals surface area (Å²) in [5.74, 6) is 5.24. The molecule has 1 fully saturated rings. The van der Waals surface area contributed by atoms with Gasteiger partial charge >= 0.3 is 0 Å². The Labute approximate surface area is 118 Å². The summed E-state index contributed by atoms with van der Waals surface area (Å²) in [5.41, 5.74) is 1.11. The van der Waals surface area contributed by atoms with Crippen molar-refractivity contribution in [1.82, 2.24) is 9.88 Å². The third kappa shape index (κ3) is 3.56. The first kappa shape index (κ1) is 14.5. The first-order valence-electron chi connectivity index (χ1n) is 6.62. The zero-order chi connectivity index (χ0) is 14.4. The number of hydrogen-bond acceptors (Lipinski definition) is 4. The summed E-state index contributed by atoms with van der Waals surface area (Å²) in [6.45, 7) is 1.21. The molecule has 1 saturated heterocycles. The van der Waals surface area contributed by atoms with Crippen LogP contribution in [0.4, 0.5) is 0 Å². The van der Waals surface area contributed by atoms with Crippen LogP contribution < -0.4 is 0 Å². The van der Waals surface area contributed by atoms with E-state index in [0.29, 0.717) is 24.3 Å². The largest absolute Gasteiger partial charge is 0.384 e. The summed E-state index contributed by atoms with van der Waals surface area (Å²) in [6, 6.07) is 3.41. The van der Waals surface area contributed by atoms with Gasteiger partial charge in [0.25, 0.3) is 5.91 Å². The minimum absolute atomic E-state index is 0.0544. The van der Waals surface area contributed by atoms with Crippen molar-refractivity contribution in [2.75, 3.05) is 26.8 Å². The number of nitrogens with zero attached hydrogens (tertiary/aromatic N) is 2. The summed E-state index contributed by atoms with van der Waals surface area (Å²) in [6.07, 6.45) is 3.53. The maximum absolute atomic E-state index is 12.3. The Morgan fingerprint density at radius 1 is 1.50 bits per heavy atom. The molecule has 5 heteroatoms. The number of pyridine rings is 1. The molecule has 1 aliphatic rings. The van der Waals surface area contributed by atoms with E-state index in [2.05, 4.69) is 16.8 Å². The van der Waals surface area contributed by atoms with Crippen molar-refractivity contribution in [3.05, 3.63) is 29.6 Å². The molecule has 1 aliphatic heterocycles. The van der Waals surface area contributed by atoms with Gasteiger partial charge in [0, 0.05) is 32.0 Å². The van der Waals surface area contributed by atoms with Crippen molar-refractivity contribution in [2.24, 2.45) is 0 Å². The van der Waals surface area contributed by atoms with Gasteiger partial charge in [0.1, 0.15) is 12.3 Å². The molecule has 1 aromatic rings. The fourth-order valence-electron chi connectivity index (χ4n) is 2.19. The van der Waals surface area contributed by atoms with Gasteiger partial charge in [-0.15, -0.1) is 0 Å². The van der Waals surface area contributed by atoms with Gasteiger partial charge < -0.3 is 14.7 Å². The summed E-state index contributed by atoms with van der Waals surface area (Å²) in [5, 5.41) is 8.62. The van der Waals surface area contributed by atoms with E-state index >= 15 is 0 Å². The maximum atomic E-state index is 12.3. The van der Waals surface area contributed by atoms with E-state index in [1.54, 1.807) is 30.3 Å². The number of rotatable bonds is 2. The van der Waals surface area contributed by atoms with Crippen LogP contribution in [-0.4, -0.2) is 53.8 Å². The second-order valence-electron chi connectivity index (χ2n) is 4.62. The lowest BCUT2D eigenvalue weighted by molar-refractivity contribution is 0.0347. The molecule has 0 atom stereocenters. The molecular formula is C15H18N2O3. The Bertz CT molecular complexity index is 508. The van der Waals surface area contributed by atoms with E-state index in [9.17, 15) is 4.79 Å². The number of methoxy groups -OCH3 is 1. The van der Waals surface area contributed by atoms with Crippen molar-refractivity contribution < 1.29 is 14.6 Å². The molecule has 106 valence electrons. The number of ether oxygens (including phenoxy) is 1. The smallest absolute Gasteiger partial charge is 0.272 e. The standard InChI is InChI=1S/C15H18N2O3/c1-20-13-6-8-17(9-7-13)15(19)14-5-4-12(11-16-14)3-2-10-18/h4-5,11,13,18H,6-10H2,1H3. The monoisotopic (exact) mass is 274 g/mol. The van der Waals surface area contributed by atoms with Crippen LogP contribution in [-0.2, 0) is 4.74 Å². The van der Waals surface area contributed by atoms with E-state index < -0.39 is 0 Å². The third-order valence-corrected chi connectivity index (χ3v) is 3.36. The summed E-state index contributed by atoms with van der Waals surface area (Å²) in [4.78, 5) is 18.2. The summed E-state index contributed by atoms with van der Waals surface area (Å²) < 4.78 is 5.29. The summed E-state index contributed by atoms with van der Waals surface area (Å²) in [7, 11) is 1.70. The van der Waals surface area contributed by atoms with Crippen molar-refractivity contribution in [3.8, 4) is 11.8 Å². The molecule has 1 N–H and O–H groups in total. The fraction of sp³-hybridized carbons (Fsp3) is 0.467. The lowest BCUT2D eigenvalue weighted by atomic mass is 10.1. The third-order valence-electron chi connectivity index (χ3n) is 3.36. The highest BCUT2D eigenvalue weighted by Crippen LogP contribution is 2.15. The second kappa shape index (κ2) is 7.04. The van der Waals surface area contributed by atoms with Gasteiger partial charge in [0.2, 0.25) is 0 Å². The molecule has 2 rings (SSSR count). The topological polar surface area (TPSA) is 62.7 Å². The van der Waals surface area contributed by atoms with Gasteiger partial charge in [-0.3, -0.25) is 4.79 Å². The Morgan fingerprint density at radius 2 is 2.25 bits per heavy atom. The Morgan fingerprint density at radius 3 is 2.80 bits per heavy atom. The van der Waals surface area contributed by atoms with Crippen LogP contribution in [0.15, 0.2) is 18.3 Å². The lowest BCUT2D eigenvalue weighted by Crippen LogP contribution is -2.40. The highest BCUT2D eigenvalue weighted by atomic mass is 16.5. The number of carbonyl (C=O) groups is 1. The highest BCUT2D eigenvalue weighted by Gasteiger charge is 2.23. The molecule has 0 aliphatic carbocycles. The first-order valence-corrected chi connectivity index (χ1v) is 6.62. The van der Waals surface area contributed by atoms with E-state index in [1.165, 1.54) is 0 Å². The number of hydrogen-bond donors (Lipinski definition) is 1. The van der Waals surface area contributed by atoms with Crippen LogP contribution in [0.1, 0.15) is 28.9 Å². The predicted octanol–water partition coefficient (Wildman–Crippen LogP) is 0.676. The van der Waals surface area contributed by atoms with Crippen LogP contribution in [0.2, 0.25) is 0 Å². The average Bonchev–Trinajstić information content (AvgIpc) is 2.53. The minimum Gasteiger partial charge on any atom is -0.384 e. The van der Waals surface area contributed by atoms with E-state index in [4.69, 9.17) is 9.84 Å². The van der Waals surface area contributed by atoms with Gasteiger partial charge in [-0.25, -0.2) is 4.98 Å². The molecular weight excluding hydrogens is 256 g/mol. The predicted molar refractivity (Wildman–Crippen MR) is 74.1 cm³/mol. The molecule has 0 radical (unpaired) electrons. The zero-order valence-corrected chi connectivity index (χ0v) is 11.5. The van der Waals surface area contributed by atoms with Crippen LogP contribution >= 0.6 is 0 Å². The molecule has 20 heavy (non-hydrogen) atoms. The van der Waals surface area contributed by atoms with Gasteiger partial charge in [-0.05, 0) is 25.0 Å². The molecule has 2 heterocycles. The van der Waals surface area contributed by atoms with Gasteiger partial charge in [-0.1, -0.05) is 11.8 Å². The number of amides is 1. The van der Waals surface area contributed by atoms with Crippen LogP contribution in [0.25, 0.3) is 0 Å². The Hall–Kier alpha value is -1.90. The number of aliphatic hydroxyl groups is 1. The highest BCUT2D eigenvalue weighted by molar-refractivity contribution is 5.92. The molecule has 1 aromatic heterocycles. The first-order chi connectivity index (χ1) is 9.74. The van der Waals surface area contributed by atoms with Crippen molar-refractivity contribution in [1.29, 1.82) is 0 Å². The SMILES string of the molecule is COC1CCN(C(=O)c2ccc(C#CCO)cn2)CC1. The number of aromatic nitrogens is 1. The molecule has 0 aromatic carbocycles. The number of likely N-dealkylation sites (tertiary alicyclic amines) is 1. The van der Waals surface area contributed by atoms with Crippen molar-refractivity contribution >= 4 is 5.91 Å². The van der Waals surface area contributed by atoms with Gasteiger partial charge in [-0.2, -0.15) is 0 Å². The van der Waals surface area contributed by atoms with E-state index in [1.807, 2.05) is 0 Å². The van der Waals surface area contributed by atoms with Crippen LogP contribution in [0.3, 0.4) is 0 Å². The quantitative estimate of drug-likeness (QED) is 0.805. The van der Waals surface area contributed by atoms with E-state index in [-0.39, 0.29) is 18.6 Å². The van der Waals surface area contributed by atoms with Crippen molar-refractivity contribution in [2.45, 2.75) is 18.9 Å². The minimum atomic E-state index is -0.185. The van der Waals surface area contributed by atoms with Gasteiger partial charge in [0.05, 0.1) is 6.10 Å². The zero-order valence-electron chi connectivity index (χ0n) is 11.5. The Balaban J connectivity index is 1.99. The Kier molecular flexibility index (Phi) is 5.10. The van der Waals surface area contributed by atoms with Crippen molar-refractivity contribution in [3.63, 3.8) is 0 Å². The molecule has 0 spiro atoms.